The molecule has 0 aliphatic heterocycles. The molecular formula is C35H50N2O12. The van der Waals surface area contributed by atoms with Gasteiger partial charge in [-0.05, 0) is 43.5 Å². The first kappa shape index (κ1) is 40.9. The molecule has 0 bridgehead atoms. The topological polar surface area (TPSA) is 166 Å². The lowest BCUT2D eigenvalue weighted by Gasteiger charge is -2.19. The van der Waals surface area contributed by atoms with Crippen molar-refractivity contribution in [3.05, 3.63) is 71.3 Å². The highest BCUT2D eigenvalue weighted by atomic mass is 16.6. The van der Waals surface area contributed by atoms with Gasteiger partial charge < -0.3 is 48.5 Å². The molecule has 2 aromatic rings. The minimum absolute atomic E-state index is 0.0459. The van der Waals surface area contributed by atoms with E-state index in [1.165, 1.54) is 0 Å². The smallest absolute Gasteiger partial charge is 0.407 e. The summed E-state index contributed by atoms with van der Waals surface area (Å²) in [5.74, 6) is -0.721. The van der Waals surface area contributed by atoms with E-state index in [2.05, 4.69) is 10.6 Å². The number of alkyl carbamates (subject to hydrolysis) is 2. The van der Waals surface area contributed by atoms with Gasteiger partial charge in [-0.15, -0.1) is 0 Å². The Hall–Kier alpha value is -4.24. The molecule has 14 heteroatoms. The van der Waals surface area contributed by atoms with Crippen molar-refractivity contribution >= 4 is 24.1 Å². The van der Waals surface area contributed by atoms with Crippen LogP contribution in [0.15, 0.2) is 54.6 Å². The molecule has 0 saturated heterocycles. The molecule has 49 heavy (non-hydrogen) atoms. The molecular weight excluding hydrogens is 640 g/mol. The van der Waals surface area contributed by atoms with E-state index in [9.17, 15) is 19.2 Å². The highest BCUT2D eigenvalue weighted by Crippen LogP contribution is 2.10. The predicted molar refractivity (Wildman–Crippen MR) is 177 cm³/mol. The van der Waals surface area contributed by atoms with Crippen molar-refractivity contribution in [3.8, 4) is 0 Å². The molecule has 0 aliphatic rings. The molecule has 0 spiro atoms. The third-order valence-electron chi connectivity index (χ3n) is 6.07. The number of rotatable bonds is 24. The summed E-state index contributed by atoms with van der Waals surface area (Å²) >= 11 is 0. The minimum atomic E-state index is -0.588. The Balaban J connectivity index is 1.41. The Kier molecular flexibility index (Phi) is 20.7. The molecule has 2 rings (SSSR count). The first-order chi connectivity index (χ1) is 23.6. The van der Waals surface area contributed by atoms with Gasteiger partial charge in [0.1, 0.15) is 25.4 Å². The van der Waals surface area contributed by atoms with Gasteiger partial charge in [0, 0.05) is 13.1 Å². The third kappa shape index (κ3) is 22.9. The van der Waals surface area contributed by atoms with Crippen LogP contribution in [0.4, 0.5) is 9.59 Å². The average molecular weight is 691 g/mol. The molecule has 272 valence electrons. The third-order valence-corrected chi connectivity index (χ3v) is 6.07. The summed E-state index contributed by atoms with van der Waals surface area (Å²) in [4.78, 5) is 47.4. The van der Waals surface area contributed by atoms with Gasteiger partial charge in [0.2, 0.25) is 0 Å². The Labute approximate surface area is 288 Å². The van der Waals surface area contributed by atoms with Crippen LogP contribution in [0.1, 0.15) is 50.3 Å². The molecule has 0 heterocycles. The summed E-state index contributed by atoms with van der Waals surface area (Å²) in [7, 11) is 0. The second-order valence-corrected chi connectivity index (χ2v) is 11.5. The van der Waals surface area contributed by atoms with Crippen LogP contribution in [0.3, 0.4) is 0 Å². The fourth-order valence-corrected chi connectivity index (χ4v) is 3.82. The first-order valence-electron chi connectivity index (χ1n) is 16.2. The number of hydrogen-bond donors (Lipinski definition) is 2. The summed E-state index contributed by atoms with van der Waals surface area (Å²) < 4.78 is 42.4. The van der Waals surface area contributed by atoms with Crippen LogP contribution in [-0.2, 0) is 67.3 Å². The van der Waals surface area contributed by atoms with Crippen molar-refractivity contribution in [2.24, 2.45) is 0 Å². The lowest BCUT2D eigenvalue weighted by molar-refractivity contribution is -0.156. The van der Waals surface area contributed by atoms with Gasteiger partial charge in [0.05, 0.1) is 65.7 Å². The SMILES string of the molecule is CC(C)(C)OC(=O)CCOCCOCCNC(=O)OCc1cccc(COC(=O)CCOCCOCCNC(=O)OCc2ccccc2)c1. The van der Waals surface area contributed by atoms with E-state index in [1.807, 2.05) is 51.1 Å². The number of benzene rings is 2. The monoisotopic (exact) mass is 690 g/mol. The quantitative estimate of drug-likeness (QED) is 0.0923. The summed E-state index contributed by atoms with van der Waals surface area (Å²) in [6.07, 6.45) is -0.845. The maximum Gasteiger partial charge on any atom is 0.407 e. The zero-order chi connectivity index (χ0) is 35.6. The van der Waals surface area contributed by atoms with Crippen molar-refractivity contribution in [3.63, 3.8) is 0 Å². The van der Waals surface area contributed by atoms with E-state index in [4.69, 9.17) is 37.9 Å². The fourth-order valence-electron chi connectivity index (χ4n) is 3.82. The molecule has 2 amide bonds. The van der Waals surface area contributed by atoms with Gasteiger partial charge in [0.25, 0.3) is 0 Å². The Morgan fingerprint density at radius 2 is 0.980 bits per heavy atom. The van der Waals surface area contributed by atoms with E-state index in [0.717, 1.165) is 16.7 Å². The second kappa shape index (κ2) is 24.8. The lowest BCUT2D eigenvalue weighted by Crippen LogP contribution is -2.28. The maximum atomic E-state index is 12.1. The summed E-state index contributed by atoms with van der Waals surface area (Å²) in [5.41, 5.74) is 1.88. The molecule has 0 aromatic heterocycles. The molecule has 0 atom stereocenters. The van der Waals surface area contributed by atoms with Crippen LogP contribution in [0.5, 0.6) is 0 Å². The zero-order valence-electron chi connectivity index (χ0n) is 28.7. The van der Waals surface area contributed by atoms with Gasteiger partial charge in [-0.25, -0.2) is 9.59 Å². The summed E-state index contributed by atoms with van der Waals surface area (Å²) in [6.45, 7) is 8.56. The number of amides is 2. The number of hydrogen-bond acceptors (Lipinski definition) is 12. The molecule has 2 aromatic carbocycles. The van der Waals surface area contributed by atoms with Crippen molar-refractivity contribution in [2.75, 3.05) is 65.9 Å². The van der Waals surface area contributed by atoms with Gasteiger partial charge in [-0.2, -0.15) is 0 Å². The van der Waals surface area contributed by atoms with E-state index in [1.54, 1.807) is 24.3 Å². The van der Waals surface area contributed by atoms with Crippen molar-refractivity contribution in [1.29, 1.82) is 0 Å². The number of carbonyl (C=O) groups excluding carboxylic acids is 4. The largest absolute Gasteiger partial charge is 0.461 e. The molecule has 0 aliphatic carbocycles. The van der Waals surface area contributed by atoms with Gasteiger partial charge in [-0.3, -0.25) is 9.59 Å². The van der Waals surface area contributed by atoms with E-state index in [-0.39, 0.29) is 65.0 Å². The van der Waals surface area contributed by atoms with Crippen LogP contribution >= 0.6 is 0 Å². The summed E-state index contributed by atoms with van der Waals surface area (Å²) in [6, 6.07) is 16.6. The van der Waals surface area contributed by atoms with E-state index < -0.39 is 23.8 Å². The van der Waals surface area contributed by atoms with Crippen LogP contribution < -0.4 is 10.6 Å². The lowest BCUT2D eigenvalue weighted by atomic mass is 10.1. The fraction of sp³-hybridized carbons (Fsp3) is 0.543. The standard InChI is InChI=1S/C35H50N2O12/c1-35(2,3)49-32(39)13-17-43-21-23-45-19-15-37-34(41)48-27-30-11-7-10-29(24-30)26-46-31(38)12-16-42-20-22-44-18-14-36-33(40)47-25-28-8-5-4-6-9-28/h4-11,24H,12-23,25-27H2,1-3H3,(H,36,40)(H,37,41). The van der Waals surface area contributed by atoms with Gasteiger partial charge in [0.15, 0.2) is 0 Å². The Morgan fingerprint density at radius 1 is 0.531 bits per heavy atom. The average Bonchev–Trinajstić information content (AvgIpc) is 3.07. The van der Waals surface area contributed by atoms with Crippen LogP contribution in [-0.4, -0.2) is 95.7 Å². The van der Waals surface area contributed by atoms with Crippen molar-refractivity contribution in [1.82, 2.24) is 10.6 Å². The van der Waals surface area contributed by atoms with E-state index >= 15 is 0 Å². The Morgan fingerprint density at radius 3 is 1.51 bits per heavy atom. The molecule has 2 N–H and O–H groups in total. The minimum Gasteiger partial charge on any atom is -0.461 e. The predicted octanol–water partition coefficient (Wildman–Crippen LogP) is 4.07. The van der Waals surface area contributed by atoms with E-state index in [0.29, 0.717) is 39.6 Å². The molecule has 14 nitrogen and oxygen atoms in total. The maximum absolute atomic E-state index is 12.1. The second-order valence-electron chi connectivity index (χ2n) is 11.5. The zero-order valence-corrected chi connectivity index (χ0v) is 28.7. The highest BCUT2D eigenvalue weighted by molar-refractivity contribution is 5.70. The van der Waals surface area contributed by atoms with Gasteiger partial charge in [-0.1, -0.05) is 48.5 Å². The van der Waals surface area contributed by atoms with Crippen LogP contribution in [0, 0.1) is 0 Å². The normalized spacial score (nSPS) is 11.0. The number of ether oxygens (including phenoxy) is 8. The number of carbonyl (C=O) groups is 4. The summed E-state index contributed by atoms with van der Waals surface area (Å²) in [5, 5.41) is 5.21. The molecule has 0 unspecified atom stereocenters. The molecule has 0 radical (unpaired) electrons. The first-order valence-corrected chi connectivity index (χ1v) is 16.2. The number of esters is 2. The number of nitrogens with one attached hydrogen (secondary N) is 2. The Bertz CT molecular complexity index is 1240. The van der Waals surface area contributed by atoms with Crippen molar-refractivity contribution in [2.45, 2.75) is 59.0 Å². The van der Waals surface area contributed by atoms with Gasteiger partial charge >= 0.3 is 24.1 Å². The van der Waals surface area contributed by atoms with Crippen LogP contribution in [0.25, 0.3) is 0 Å². The molecule has 0 saturated carbocycles. The highest BCUT2D eigenvalue weighted by Gasteiger charge is 2.15. The molecule has 0 fully saturated rings. The van der Waals surface area contributed by atoms with Crippen LogP contribution in [0.2, 0.25) is 0 Å². The van der Waals surface area contributed by atoms with Crippen molar-refractivity contribution < 1.29 is 57.1 Å².